The molecule has 1 amide bonds. The first kappa shape index (κ1) is 19.4. The van der Waals surface area contributed by atoms with Gasteiger partial charge in [0, 0.05) is 30.3 Å². The first-order chi connectivity index (χ1) is 13.0. The molecule has 1 heterocycles. The van der Waals surface area contributed by atoms with Crippen molar-refractivity contribution in [3.05, 3.63) is 64.7 Å². The Kier molecular flexibility index (Phi) is 6.14. The molecule has 2 N–H and O–H groups in total. The Morgan fingerprint density at radius 2 is 1.81 bits per heavy atom. The lowest BCUT2D eigenvalue weighted by Crippen LogP contribution is -2.44. The summed E-state index contributed by atoms with van der Waals surface area (Å²) in [5.41, 5.74) is 1.83. The van der Waals surface area contributed by atoms with Gasteiger partial charge in [-0.05, 0) is 54.7 Å². The molecule has 6 heteroatoms. The van der Waals surface area contributed by atoms with Gasteiger partial charge in [-0.15, -0.1) is 0 Å². The first-order valence-corrected chi connectivity index (χ1v) is 9.33. The Labute approximate surface area is 163 Å². The number of halogens is 1. The first-order valence-electron chi connectivity index (χ1n) is 8.96. The van der Waals surface area contributed by atoms with Gasteiger partial charge in [0.2, 0.25) is 5.91 Å². The van der Waals surface area contributed by atoms with Crippen molar-refractivity contribution in [2.24, 2.45) is 0 Å². The molecule has 0 radical (unpaired) electrons. The maximum atomic E-state index is 13.2. The Morgan fingerprint density at radius 3 is 2.44 bits per heavy atom. The molecule has 0 bridgehead atoms. The molecule has 1 saturated heterocycles. The van der Waals surface area contributed by atoms with E-state index in [0.29, 0.717) is 43.2 Å². The lowest BCUT2D eigenvalue weighted by atomic mass is 9.73. The Balaban J connectivity index is 1.78. The van der Waals surface area contributed by atoms with Gasteiger partial charge >= 0.3 is 5.97 Å². The molecule has 27 heavy (non-hydrogen) atoms. The van der Waals surface area contributed by atoms with E-state index < -0.39 is 11.4 Å². The largest absolute Gasteiger partial charge is 0.481 e. The maximum absolute atomic E-state index is 13.2. The zero-order valence-corrected chi connectivity index (χ0v) is 15.7. The molecule has 1 aliphatic rings. The normalized spacial score (nSPS) is 15.9. The van der Waals surface area contributed by atoms with Crippen LogP contribution in [0.15, 0.2) is 48.5 Å². The van der Waals surface area contributed by atoms with Crippen molar-refractivity contribution < 1.29 is 19.4 Å². The van der Waals surface area contributed by atoms with Crippen LogP contribution in [0, 0.1) is 0 Å². The molecule has 0 aliphatic carbocycles. The lowest BCUT2D eigenvalue weighted by molar-refractivity contribution is -0.137. The number of benzene rings is 2. The third-order valence-electron chi connectivity index (χ3n) is 5.00. The van der Waals surface area contributed by atoms with Gasteiger partial charge < -0.3 is 15.2 Å². The second-order valence-electron chi connectivity index (χ2n) is 6.75. The topological polar surface area (TPSA) is 75.6 Å². The molecule has 2 aromatic carbocycles. The van der Waals surface area contributed by atoms with Crippen LogP contribution in [-0.2, 0) is 26.2 Å². The molecule has 3 rings (SSSR count). The number of rotatable bonds is 6. The summed E-state index contributed by atoms with van der Waals surface area (Å²) >= 11 is 6.16. The number of nitrogens with one attached hydrogen (secondary N) is 1. The number of carboxylic acids is 1. The summed E-state index contributed by atoms with van der Waals surface area (Å²) < 4.78 is 5.48. The molecule has 0 saturated carbocycles. The van der Waals surface area contributed by atoms with Crippen LogP contribution in [0.4, 0.5) is 5.69 Å². The van der Waals surface area contributed by atoms with Crippen molar-refractivity contribution in [2.45, 2.75) is 31.1 Å². The van der Waals surface area contributed by atoms with Crippen molar-refractivity contribution in [3.63, 3.8) is 0 Å². The fourth-order valence-corrected chi connectivity index (χ4v) is 3.60. The molecule has 1 fully saturated rings. The van der Waals surface area contributed by atoms with E-state index in [4.69, 9.17) is 21.4 Å². The highest BCUT2D eigenvalue weighted by Gasteiger charge is 2.41. The standard InChI is InChI=1S/C21H22ClNO4/c22-17-3-1-2-16(14-17)21(10-12-27-13-11-21)20(26)23-18-7-4-15(5-8-18)6-9-19(24)25/h1-5,7-8,14H,6,9-13H2,(H,23,26)(H,24,25). The molecule has 0 unspecified atom stereocenters. The third kappa shape index (κ3) is 4.67. The van der Waals surface area contributed by atoms with Gasteiger partial charge in [-0.3, -0.25) is 9.59 Å². The maximum Gasteiger partial charge on any atom is 0.303 e. The van der Waals surface area contributed by atoms with E-state index in [2.05, 4.69) is 5.32 Å². The number of carbonyl (C=O) groups is 2. The fourth-order valence-electron chi connectivity index (χ4n) is 3.41. The molecule has 0 aromatic heterocycles. The number of aryl methyl sites for hydroxylation is 1. The highest BCUT2D eigenvalue weighted by Crippen LogP contribution is 2.37. The highest BCUT2D eigenvalue weighted by molar-refractivity contribution is 6.30. The number of carbonyl (C=O) groups excluding carboxylic acids is 1. The van der Waals surface area contributed by atoms with Crippen molar-refractivity contribution >= 4 is 29.2 Å². The van der Waals surface area contributed by atoms with Crippen LogP contribution in [-0.4, -0.2) is 30.2 Å². The summed E-state index contributed by atoms with van der Waals surface area (Å²) in [6.07, 6.45) is 1.74. The van der Waals surface area contributed by atoms with Crippen LogP contribution >= 0.6 is 11.6 Å². The van der Waals surface area contributed by atoms with Gasteiger partial charge in [-0.2, -0.15) is 0 Å². The predicted molar refractivity (Wildman–Crippen MR) is 104 cm³/mol. The number of ether oxygens (including phenoxy) is 1. The van der Waals surface area contributed by atoms with Gasteiger partial charge in [-0.1, -0.05) is 35.9 Å². The lowest BCUT2D eigenvalue weighted by Gasteiger charge is -2.36. The van der Waals surface area contributed by atoms with Crippen LogP contribution < -0.4 is 5.32 Å². The number of amides is 1. The zero-order valence-electron chi connectivity index (χ0n) is 14.9. The molecule has 2 aromatic rings. The van der Waals surface area contributed by atoms with E-state index in [1.807, 2.05) is 30.3 Å². The molecule has 0 spiro atoms. The summed E-state index contributed by atoms with van der Waals surface area (Å²) in [4.78, 5) is 23.9. The number of aliphatic carboxylic acids is 1. The Hall–Kier alpha value is -2.37. The van der Waals surface area contributed by atoms with Gasteiger partial charge in [0.1, 0.15) is 0 Å². The van der Waals surface area contributed by atoms with Crippen molar-refractivity contribution in [2.75, 3.05) is 18.5 Å². The molecular weight excluding hydrogens is 366 g/mol. The number of anilines is 1. The zero-order chi connectivity index (χ0) is 19.3. The van der Waals surface area contributed by atoms with Crippen molar-refractivity contribution in [3.8, 4) is 0 Å². The van der Waals surface area contributed by atoms with E-state index in [0.717, 1.165) is 11.1 Å². The van der Waals surface area contributed by atoms with Crippen LogP contribution in [0.3, 0.4) is 0 Å². The number of hydrogen-bond acceptors (Lipinski definition) is 3. The summed E-state index contributed by atoms with van der Waals surface area (Å²) in [5.74, 6) is -0.901. The molecule has 5 nitrogen and oxygen atoms in total. The summed E-state index contributed by atoms with van der Waals surface area (Å²) in [6.45, 7) is 1.04. The van der Waals surface area contributed by atoms with Crippen LogP contribution in [0.2, 0.25) is 5.02 Å². The Morgan fingerprint density at radius 1 is 1.11 bits per heavy atom. The smallest absolute Gasteiger partial charge is 0.303 e. The molecule has 1 aliphatic heterocycles. The average molecular weight is 388 g/mol. The summed E-state index contributed by atoms with van der Waals surface area (Å²) in [6, 6.07) is 14.7. The van der Waals surface area contributed by atoms with Gasteiger partial charge in [0.15, 0.2) is 0 Å². The summed E-state index contributed by atoms with van der Waals surface area (Å²) in [7, 11) is 0. The number of hydrogen-bond donors (Lipinski definition) is 2. The van der Waals surface area contributed by atoms with Gasteiger partial charge in [-0.25, -0.2) is 0 Å². The van der Waals surface area contributed by atoms with E-state index in [1.54, 1.807) is 18.2 Å². The quantitative estimate of drug-likeness (QED) is 0.784. The minimum atomic E-state index is -0.824. The van der Waals surface area contributed by atoms with E-state index >= 15 is 0 Å². The minimum Gasteiger partial charge on any atom is -0.481 e. The van der Waals surface area contributed by atoms with E-state index in [9.17, 15) is 9.59 Å². The molecule has 0 atom stereocenters. The van der Waals surface area contributed by atoms with E-state index in [-0.39, 0.29) is 12.3 Å². The average Bonchev–Trinajstić information content (AvgIpc) is 2.68. The van der Waals surface area contributed by atoms with Crippen LogP contribution in [0.25, 0.3) is 0 Å². The van der Waals surface area contributed by atoms with Gasteiger partial charge in [0.05, 0.1) is 5.41 Å². The van der Waals surface area contributed by atoms with Crippen LogP contribution in [0.5, 0.6) is 0 Å². The van der Waals surface area contributed by atoms with Gasteiger partial charge in [0.25, 0.3) is 0 Å². The highest BCUT2D eigenvalue weighted by atomic mass is 35.5. The van der Waals surface area contributed by atoms with Crippen LogP contribution in [0.1, 0.15) is 30.4 Å². The SMILES string of the molecule is O=C(O)CCc1ccc(NC(=O)C2(c3cccc(Cl)c3)CCOCC2)cc1. The second kappa shape index (κ2) is 8.55. The van der Waals surface area contributed by atoms with Crippen molar-refractivity contribution in [1.82, 2.24) is 0 Å². The number of carboxylic acid groups (broad SMARTS) is 1. The molecular formula is C21H22ClNO4. The molecule has 142 valence electrons. The predicted octanol–water partition coefficient (Wildman–Crippen LogP) is 4.04. The Bertz CT molecular complexity index is 813. The monoisotopic (exact) mass is 387 g/mol. The minimum absolute atomic E-state index is 0.0775. The third-order valence-corrected chi connectivity index (χ3v) is 5.23. The fraction of sp³-hybridized carbons (Fsp3) is 0.333. The van der Waals surface area contributed by atoms with E-state index in [1.165, 1.54) is 0 Å². The van der Waals surface area contributed by atoms with Crippen molar-refractivity contribution in [1.29, 1.82) is 0 Å². The second-order valence-corrected chi connectivity index (χ2v) is 7.19. The summed E-state index contributed by atoms with van der Waals surface area (Å²) in [5, 5.41) is 12.4.